The fourth-order valence-corrected chi connectivity index (χ4v) is 3.51. The molecule has 6 heteroatoms. The Labute approximate surface area is 158 Å². The minimum atomic E-state index is -0.347. The fourth-order valence-electron chi connectivity index (χ4n) is 3.51. The molecule has 0 spiro atoms. The molecule has 1 aliphatic rings. The average molecular weight is 362 g/mol. The molecular formula is C21H22N4O2. The Balaban J connectivity index is 1.80. The second-order valence-corrected chi connectivity index (χ2v) is 6.97. The molecule has 2 amide bonds. The van der Waals surface area contributed by atoms with Gasteiger partial charge >= 0.3 is 0 Å². The molecule has 2 N–H and O–H groups in total. The number of nitrogens with zero attached hydrogens (tertiary/aromatic N) is 3. The number of amides is 2. The van der Waals surface area contributed by atoms with Gasteiger partial charge in [-0.25, -0.2) is 0 Å². The summed E-state index contributed by atoms with van der Waals surface area (Å²) in [6, 6.07) is 11.3. The van der Waals surface area contributed by atoms with Gasteiger partial charge in [0.05, 0.1) is 22.9 Å². The van der Waals surface area contributed by atoms with Gasteiger partial charge in [0.2, 0.25) is 5.91 Å². The normalized spacial score (nSPS) is 16.6. The molecule has 1 aromatic carbocycles. The maximum absolute atomic E-state index is 12.7. The number of rotatable bonds is 3. The number of nitrogens with two attached hydrogens (primary N) is 1. The van der Waals surface area contributed by atoms with Crippen LogP contribution in [0.2, 0.25) is 0 Å². The van der Waals surface area contributed by atoms with E-state index in [0.717, 1.165) is 29.7 Å². The first-order valence-corrected chi connectivity index (χ1v) is 8.98. The zero-order chi connectivity index (χ0) is 19.6. The molecule has 1 fully saturated rings. The molecule has 2 aromatic rings. The molecule has 0 saturated carbocycles. The molecule has 6 nitrogen and oxygen atoms in total. The third kappa shape index (κ3) is 3.82. The summed E-state index contributed by atoms with van der Waals surface area (Å²) < 4.78 is 0. The van der Waals surface area contributed by atoms with E-state index in [1.807, 2.05) is 32.0 Å². The van der Waals surface area contributed by atoms with Crippen LogP contribution in [-0.4, -0.2) is 34.8 Å². The molecule has 3 rings (SSSR count). The van der Waals surface area contributed by atoms with Gasteiger partial charge in [-0.2, -0.15) is 5.26 Å². The van der Waals surface area contributed by atoms with Crippen molar-refractivity contribution in [2.75, 3.05) is 13.1 Å². The van der Waals surface area contributed by atoms with Crippen molar-refractivity contribution in [1.29, 1.82) is 5.26 Å². The topological polar surface area (TPSA) is 100 Å². The molecule has 1 aliphatic heterocycles. The van der Waals surface area contributed by atoms with Crippen molar-refractivity contribution in [1.82, 2.24) is 9.88 Å². The highest BCUT2D eigenvalue weighted by atomic mass is 16.2. The van der Waals surface area contributed by atoms with Crippen molar-refractivity contribution in [2.24, 2.45) is 11.7 Å². The van der Waals surface area contributed by atoms with E-state index in [1.165, 1.54) is 0 Å². The van der Waals surface area contributed by atoms with E-state index < -0.39 is 0 Å². The maximum atomic E-state index is 12.7. The average Bonchev–Trinajstić information content (AvgIpc) is 2.67. The first kappa shape index (κ1) is 18.6. The molecule has 0 radical (unpaired) electrons. The number of aryl methyl sites for hydroxylation is 2. The van der Waals surface area contributed by atoms with Crippen LogP contribution in [0.5, 0.6) is 0 Å². The van der Waals surface area contributed by atoms with Gasteiger partial charge in [-0.3, -0.25) is 14.6 Å². The van der Waals surface area contributed by atoms with Crippen LogP contribution in [0.3, 0.4) is 0 Å². The summed E-state index contributed by atoms with van der Waals surface area (Å²) in [6.45, 7) is 4.73. The van der Waals surface area contributed by atoms with Crippen LogP contribution in [0.4, 0.5) is 0 Å². The largest absolute Gasteiger partial charge is 0.369 e. The van der Waals surface area contributed by atoms with E-state index in [0.29, 0.717) is 29.9 Å². The zero-order valence-electron chi connectivity index (χ0n) is 15.5. The highest BCUT2D eigenvalue weighted by Gasteiger charge is 2.27. The van der Waals surface area contributed by atoms with Crippen molar-refractivity contribution < 1.29 is 9.59 Å². The molecule has 0 bridgehead atoms. The molecule has 1 aromatic heterocycles. The first-order chi connectivity index (χ1) is 12.9. The second-order valence-electron chi connectivity index (χ2n) is 6.97. The lowest BCUT2D eigenvalue weighted by Crippen LogP contribution is -2.44. The van der Waals surface area contributed by atoms with Crippen LogP contribution in [0, 0.1) is 31.1 Å². The van der Waals surface area contributed by atoms with Crippen molar-refractivity contribution in [3.8, 4) is 17.3 Å². The standard InChI is InChI=1S/C21H22N4O2/c1-13-10-19(24-14(2)18(13)11-22)15-5-7-16(8-6-15)21(27)25-9-3-4-17(12-25)20(23)26/h5-8,10,17H,3-4,9,12H2,1-2H3,(H2,23,26). The summed E-state index contributed by atoms with van der Waals surface area (Å²) in [6.07, 6.45) is 1.52. The summed E-state index contributed by atoms with van der Waals surface area (Å²) in [4.78, 5) is 30.3. The van der Waals surface area contributed by atoms with Crippen LogP contribution in [0.25, 0.3) is 11.3 Å². The van der Waals surface area contributed by atoms with Crippen LogP contribution in [-0.2, 0) is 4.79 Å². The van der Waals surface area contributed by atoms with E-state index >= 15 is 0 Å². The third-order valence-electron chi connectivity index (χ3n) is 5.05. The van der Waals surface area contributed by atoms with Crippen molar-refractivity contribution in [3.05, 3.63) is 52.7 Å². The zero-order valence-corrected chi connectivity index (χ0v) is 15.5. The van der Waals surface area contributed by atoms with E-state index in [4.69, 9.17) is 5.73 Å². The molecule has 2 heterocycles. The number of carbonyl (C=O) groups is 2. The summed E-state index contributed by atoms with van der Waals surface area (Å²) in [5, 5.41) is 9.17. The Hall–Kier alpha value is -3.20. The predicted octanol–water partition coefficient (Wildman–Crippen LogP) is 2.57. The van der Waals surface area contributed by atoms with E-state index in [9.17, 15) is 14.9 Å². The Morgan fingerprint density at radius 1 is 1.26 bits per heavy atom. The van der Waals surface area contributed by atoms with Crippen LogP contribution in [0.1, 0.15) is 40.0 Å². The molecule has 1 unspecified atom stereocenters. The van der Waals surface area contributed by atoms with E-state index in [1.54, 1.807) is 17.0 Å². The minimum absolute atomic E-state index is 0.0901. The number of primary amides is 1. The lowest BCUT2D eigenvalue weighted by atomic mass is 9.96. The lowest BCUT2D eigenvalue weighted by Gasteiger charge is -2.31. The van der Waals surface area contributed by atoms with Crippen LogP contribution in [0.15, 0.2) is 30.3 Å². The summed E-state index contributed by atoms with van der Waals surface area (Å²) in [7, 11) is 0. The Kier molecular flexibility index (Phi) is 5.22. The minimum Gasteiger partial charge on any atom is -0.369 e. The number of carbonyl (C=O) groups excluding carboxylic acids is 2. The molecule has 0 aliphatic carbocycles. The number of nitriles is 1. The molecule has 27 heavy (non-hydrogen) atoms. The van der Waals surface area contributed by atoms with E-state index in [2.05, 4.69) is 11.1 Å². The number of aromatic nitrogens is 1. The Bertz CT molecular complexity index is 905. The van der Waals surface area contributed by atoms with Gasteiger partial charge in [-0.05, 0) is 50.5 Å². The van der Waals surface area contributed by atoms with Crippen LogP contribution >= 0.6 is 0 Å². The van der Waals surface area contributed by atoms with Crippen molar-refractivity contribution in [3.63, 3.8) is 0 Å². The predicted molar refractivity (Wildman–Crippen MR) is 102 cm³/mol. The van der Waals surface area contributed by atoms with Gasteiger partial charge in [0, 0.05) is 24.2 Å². The number of pyridine rings is 1. The number of hydrogen-bond donors (Lipinski definition) is 1. The van der Waals surface area contributed by atoms with E-state index in [-0.39, 0.29) is 17.7 Å². The maximum Gasteiger partial charge on any atom is 0.253 e. The van der Waals surface area contributed by atoms with Gasteiger partial charge in [-0.15, -0.1) is 0 Å². The number of likely N-dealkylation sites (tertiary alicyclic amines) is 1. The van der Waals surface area contributed by atoms with Gasteiger partial charge in [0.1, 0.15) is 6.07 Å². The Morgan fingerprint density at radius 3 is 2.56 bits per heavy atom. The Morgan fingerprint density at radius 2 is 1.96 bits per heavy atom. The number of piperidine rings is 1. The fraction of sp³-hybridized carbons (Fsp3) is 0.333. The monoisotopic (exact) mass is 362 g/mol. The summed E-state index contributed by atoms with van der Waals surface area (Å²) >= 11 is 0. The van der Waals surface area contributed by atoms with Gasteiger partial charge in [-0.1, -0.05) is 12.1 Å². The quantitative estimate of drug-likeness (QED) is 0.907. The highest BCUT2D eigenvalue weighted by molar-refractivity contribution is 5.95. The molecule has 1 atom stereocenters. The molecular weight excluding hydrogens is 340 g/mol. The highest BCUT2D eigenvalue weighted by Crippen LogP contribution is 2.23. The molecule has 1 saturated heterocycles. The van der Waals surface area contributed by atoms with Crippen molar-refractivity contribution >= 4 is 11.8 Å². The second kappa shape index (κ2) is 7.58. The van der Waals surface area contributed by atoms with Crippen molar-refractivity contribution in [2.45, 2.75) is 26.7 Å². The summed E-state index contributed by atoms with van der Waals surface area (Å²) in [5.74, 6) is -0.705. The van der Waals surface area contributed by atoms with Gasteiger partial charge in [0.25, 0.3) is 5.91 Å². The third-order valence-corrected chi connectivity index (χ3v) is 5.05. The van der Waals surface area contributed by atoms with Gasteiger partial charge in [0.15, 0.2) is 0 Å². The number of benzene rings is 1. The van der Waals surface area contributed by atoms with Gasteiger partial charge < -0.3 is 10.6 Å². The molecule has 138 valence electrons. The summed E-state index contributed by atoms with van der Waals surface area (Å²) in [5.41, 5.74) is 9.80. The number of hydrogen-bond acceptors (Lipinski definition) is 4. The van der Waals surface area contributed by atoms with Crippen LogP contribution < -0.4 is 5.73 Å². The SMILES string of the molecule is Cc1cc(-c2ccc(C(=O)N3CCCC(C(N)=O)C3)cc2)nc(C)c1C#N. The lowest BCUT2D eigenvalue weighted by molar-refractivity contribution is -0.123. The smallest absolute Gasteiger partial charge is 0.253 e. The first-order valence-electron chi connectivity index (χ1n) is 8.98.